The first kappa shape index (κ1) is 18.9. The van der Waals surface area contributed by atoms with Gasteiger partial charge in [0.25, 0.3) is 0 Å². The van der Waals surface area contributed by atoms with E-state index < -0.39 is 11.6 Å². The molecule has 0 amide bonds. The van der Waals surface area contributed by atoms with E-state index in [-0.39, 0.29) is 12.1 Å². The van der Waals surface area contributed by atoms with Gasteiger partial charge in [0.15, 0.2) is 5.16 Å². The van der Waals surface area contributed by atoms with Gasteiger partial charge in [-0.1, -0.05) is 31.7 Å². The number of hydrogen-bond acceptors (Lipinski definition) is 4. The minimum absolute atomic E-state index is 0.0881. The van der Waals surface area contributed by atoms with E-state index in [1.54, 1.807) is 11.8 Å². The second-order valence-electron chi connectivity index (χ2n) is 6.09. The monoisotopic (exact) mass is 354 g/mol. The summed E-state index contributed by atoms with van der Waals surface area (Å²) in [6, 6.07) is 3.93. The maximum absolute atomic E-state index is 13.5. The molecule has 2 aromatic rings. The Labute approximate surface area is 146 Å². The third-order valence-corrected chi connectivity index (χ3v) is 4.31. The zero-order valence-electron chi connectivity index (χ0n) is 14.4. The molecule has 1 heterocycles. The smallest absolute Gasteiger partial charge is 0.190 e. The van der Waals surface area contributed by atoms with E-state index in [1.165, 1.54) is 18.2 Å². The summed E-state index contributed by atoms with van der Waals surface area (Å²) in [6.45, 7) is 6.08. The van der Waals surface area contributed by atoms with Gasteiger partial charge in [0.1, 0.15) is 17.5 Å². The molecule has 132 valence electrons. The number of benzene rings is 1. The van der Waals surface area contributed by atoms with Crippen molar-refractivity contribution in [2.45, 2.75) is 44.9 Å². The summed E-state index contributed by atoms with van der Waals surface area (Å²) in [6.07, 6.45) is 3.61. The number of nitrogens with one attached hydrogen (secondary N) is 1. The zero-order valence-corrected chi connectivity index (χ0v) is 15.2. The quantitative estimate of drug-likeness (QED) is 0.551. The van der Waals surface area contributed by atoms with Crippen LogP contribution in [0.2, 0.25) is 0 Å². The Morgan fingerprint density at radius 3 is 2.54 bits per heavy atom. The van der Waals surface area contributed by atoms with Crippen molar-refractivity contribution < 1.29 is 8.78 Å². The first-order valence-electron chi connectivity index (χ1n) is 8.12. The number of halogens is 2. The normalized spacial score (nSPS) is 11.4. The first-order chi connectivity index (χ1) is 11.5. The van der Waals surface area contributed by atoms with Crippen LogP contribution in [0.25, 0.3) is 0 Å². The predicted octanol–water partition coefficient (Wildman–Crippen LogP) is 3.66. The Morgan fingerprint density at radius 2 is 1.92 bits per heavy atom. The minimum Gasteiger partial charge on any atom is -0.312 e. The summed E-state index contributed by atoms with van der Waals surface area (Å²) in [5, 5.41) is 12.5. The van der Waals surface area contributed by atoms with Gasteiger partial charge in [-0.25, -0.2) is 8.78 Å². The highest BCUT2D eigenvalue weighted by Crippen LogP contribution is 2.17. The van der Waals surface area contributed by atoms with Gasteiger partial charge >= 0.3 is 0 Å². The molecule has 0 radical (unpaired) electrons. The molecule has 0 fully saturated rings. The van der Waals surface area contributed by atoms with E-state index in [2.05, 4.69) is 33.9 Å². The average molecular weight is 354 g/mol. The highest BCUT2D eigenvalue weighted by atomic mass is 32.2. The van der Waals surface area contributed by atoms with E-state index >= 15 is 0 Å². The molecule has 24 heavy (non-hydrogen) atoms. The first-order valence-corrected chi connectivity index (χ1v) is 9.35. The maximum Gasteiger partial charge on any atom is 0.190 e. The fourth-order valence-electron chi connectivity index (χ4n) is 2.49. The molecule has 0 saturated heterocycles. The summed E-state index contributed by atoms with van der Waals surface area (Å²) in [5.74, 6) is 0.465. The van der Waals surface area contributed by atoms with Crippen LogP contribution in [0.1, 0.15) is 31.7 Å². The van der Waals surface area contributed by atoms with E-state index in [4.69, 9.17) is 0 Å². The Bertz CT molecular complexity index is 638. The van der Waals surface area contributed by atoms with Gasteiger partial charge < -0.3 is 9.88 Å². The lowest BCUT2D eigenvalue weighted by atomic mass is 10.2. The lowest BCUT2D eigenvalue weighted by molar-refractivity contribution is 0.475. The maximum atomic E-state index is 13.5. The third kappa shape index (κ3) is 5.01. The number of aryl methyl sites for hydroxylation is 1. The Hall–Kier alpha value is -1.47. The van der Waals surface area contributed by atoms with Crippen LogP contribution in [0.3, 0.4) is 0 Å². The lowest BCUT2D eigenvalue weighted by Crippen LogP contribution is -2.18. The average Bonchev–Trinajstić information content (AvgIpc) is 2.91. The van der Waals surface area contributed by atoms with E-state index in [0.717, 1.165) is 30.4 Å². The van der Waals surface area contributed by atoms with Crippen molar-refractivity contribution in [1.82, 2.24) is 20.1 Å². The van der Waals surface area contributed by atoms with E-state index in [0.29, 0.717) is 12.5 Å². The van der Waals surface area contributed by atoms with Crippen LogP contribution in [0.5, 0.6) is 0 Å². The molecule has 0 aliphatic carbocycles. The van der Waals surface area contributed by atoms with Crippen molar-refractivity contribution in [3.05, 3.63) is 41.2 Å². The van der Waals surface area contributed by atoms with Crippen LogP contribution >= 0.6 is 11.8 Å². The van der Waals surface area contributed by atoms with Gasteiger partial charge in [0, 0.05) is 25.1 Å². The SMILES string of the molecule is CSc1nnc(CCCNCc2c(F)cccc2F)n1CC(C)C. The molecule has 7 heteroatoms. The molecule has 0 saturated carbocycles. The minimum atomic E-state index is -0.510. The van der Waals surface area contributed by atoms with Crippen LogP contribution in [0.15, 0.2) is 23.4 Å². The molecule has 0 bridgehead atoms. The fourth-order valence-corrected chi connectivity index (χ4v) is 3.01. The molecular formula is C17H24F2N4S. The van der Waals surface area contributed by atoms with Gasteiger partial charge in [-0.15, -0.1) is 10.2 Å². The number of rotatable bonds is 9. The number of nitrogens with zero attached hydrogens (tertiary/aromatic N) is 3. The number of aromatic nitrogens is 3. The standard InChI is InChI=1S/C17H24F2N4S/c1-12(2)11-23-16(21-22-17(23)24-3)8-5-9-20-10-13-14(18)6-4-7-15(13)19/h4,6-7,12,20H,5,8-11H2,1-3H3. The zero-order chi connectivity index (χ0) is 17.5. The van der Waals surface area contributed by atoms with Gasteiger partial charge in [-0.3, -0.25) is 0 Å². The van der Waals surface area contributed by atoms with Crippen molar-refractivity contribution in [1.29, 1.82) is 0 Å². The van der Waals surface area contributed by atoms with E-state index in [9.17, 15) is 8.78 Å². The summed E-state index contributed by atoms with van der Waals surface area (Å²) < 4.78 is 29.2. The van der Waals surface area contributed by atoms with Crippen LogP contribution in [-0.2, 0) is 19.5 Å². The molecule has 0 spiro atoms. The van der Waals surface area contributed by atoms with Crippen LogP contribution < -0.4 is 5.32 Å². The molecule has 0 aliphatic rings. The topological polar surface area (TPSA) is 42.7 Å². The van der Waals surface area contributed by atoms with Crippen molar-refractivity contribution in [2.75, 3.05) is 12.8 Å². The Kier molecular flexibility index (Phi) is 7.17. The lowest BCUT2D eigenvalue weighted by Gasteiger charge is -2.12. The highest BCUT2D eigenvalue weighted by molar-refractivity contribution is 7.98. The van der Waals surface area contributed by atoms with E-state index in [1.807, 2.05) is 6.26 Å². The fraction of sp³-hybridized carbons (Fsp3) is 0.529. The largest absolute Gasteiger partial charge is 0.312 e. The van der Waals surface area contributed by atoms with Gasteiger partial charge in [0.2, 0.25) is 0 Å². The second kappa shape index (κ2) is 9.13. The highest BCUT2D eigenvalue weighted by Gasteiger charge is 2.12. The molecule has 0 unspecified atom stereocenters. The van der Waals surface area contributed by atoms with Crippen molar-refractivity contribution in [3.63, 3.8) is 0 Å². The third-order valence-electron chi connectivity index (χ3n) is 3.64. The molecule has 4 nitrogen and oxygen atoms in total. The van der Waals surface area contributed by atoms with Crippen LogP contribution in [-0.4, -0.2) is 27.6 Å². The molecule has 2 rings (SSSR count). The van der Waals surface area contributed by atoms with Gasteiger partial charge in [-0.2, -0.15) is 0 Å². The molecule has 1 aromatic carbocycles. The molecule has 1 aromatic heterocycles. The summed E-state index contributed by atoms with van der Waals surface area (Å²) >= 11 is 1.59. The van der Waals surface area contributed by atoms with Crippen molar-refractivity contribution in [2.24, 2.45) is 5.92 Å². The molecule has 0 aliphatic heterocycles. The molecule has 1 N–H and O–H groups in total. The Balaban J connectivity index is 1.83. The second-order valence-corrected chi connectivity index (χ2v) is 6.86. The summed E-state index contributed by atoms with van der Waals surface area (Å²) in [7, 11) is 0. The number of hydrogen-bond donors (Lipinski definition) is 1. The Morgan fingerprint density at radius 1 is 1.21 bits per heavy atom. The van der Waals surface area contributed by atoms with Crippen LogP contribution in [0, 0.1) is 17.6 Å². The summed E-state index contributed by atoms with van der Waals surface area (Å²) in [4.78, 5) is 0. The summed E-state index contributed by atoms with van der Waals surface area (Å²) in [5.41, 5.74) is 0.0881. The molecular weight excluding hydrogens is 330 g/mol. The van der Waals surface area contributed by atoms with Crippen molar-refractivity contribution in [3.8, 4) is 0 Å². The van der Waals surface area contributed by atoms with Gasteiger partial charge in [0.05, 0.1) is 0 Å². The molecule has 0 atom stereocenters. The predicted molar refractivity (Wildman–Crippen MR) is 93.0 cm³/mol. The number of thioether (sulfide) groups is 1. The van der Waals surface area contributed by atoms with Crippen molar-refractivity contribution >= 4 is 11.8 Å². The van der Waals surface area contributed by atoms with Crippen LogP contribution in [0.4, 0.5) is 8.78 Å². The van der Waals surface area contributed by atoms with Gasteiger partial charge in [-0.05, 0) is 37.3 Å².